The fraction of sp³-hybridized carbons (Fsp3) is 0.0667. The van der Waals surface area contributed by atoms with E-state index in [0.29, 0.717) is 25.8 Å². The molecular weight excluding hydrogens is 416 g/mol. The van der Waals surface area contributed by atoms with E-state index in [4.69, 9.17) is 4.74 Å². The molecule has 0 aromatic heterocycles. The van der Waals surface area contributed by atoms with Crippen LogP contribution in [0.5, 0.6) is 11.5 Å². The van der Waals surface area contributed by atoms with Crippen LogP contribution in [0.1, 0.15) is 15.9 Å². The molecule has 2 aromatic rings. The molecule has 7 heteroatoms. The molecule has 0 heterocycles. The van der Waals surface area contributed by atoms with Crippen molar-refractivity contribution >= 4 is 44.0 Å². The van der Waals surface area contributed by atoms with Gasteiger partial charge in [0, 0.05) is 10.0 Å². The summed E-state index contributed by atoms with van der Waals surface area (Å²) >= 11 is 6.52. The predicted octanol–water partition coefficient (Wildman–Crippen LogP) is 3.69. The molecule has 0 radical (unpaired) electrons. The molecule has 0 aliphatic heterocycles. The number of phenols is 1. The number of nitrogens with one attached hydrogen (secondary N) is 1. The van der Waals surface area contributed by atoms with Crippen molar-refractivity contribution in [2.45, 2.75) is 0 Å². The van der Waals surface area contributed by atoms with Crippen LogP contribution in [0.15, 0.2) is 50.4 Å². The fourth-order valence-electron chi connectivity index (χ4n) is 1.68. The smallest absolute Gasteiger partial charge is 0.272 e. The zero-order valence-electron chi connectivity index (χ0n) is 11.5. The Hall–Kier alpha value is -1.86. The van der Waals surface area contributed by atoms with Gasteiger partial charge in [-0.15, -0.1) is 0 Å². The number of phenolic OH excluding ortho intramolecular Hbond substituents is 1. The highest BCUT2D eigenvalue weighted by atomic mass is 79.9. The number of hydrogen-bond acceptors (Lipinski definition) is 4. The normalized spacial score (nSPS) is 10.7. The maximum atomic E-state index is 12.0. The lowest BCUT2D eigenvalue weighted by Gasteiger charge is -2.06. The van der Waals surface area contributed by atoms with Crippen molar-refractivity contribution in [3.63, 3.8) is 0 Å². The lowest BCUT2D eigenvalue weighted by molar-refractivity contribution is 0.0954. The summed E-state index contributed by atoms with van der Waals surface area (Å²) in [6.07, 6.45) is 1.34. The summed E-state index contributed by atoms with van der Waals surface area (Å²) in [5.74, 6) is 0.216. The number of hydrogen-bond donors (Lipinski definition) is 2. The van der Waals surface area contributed by atoms with Crippen molar-refractivity contribution in [2.24, 2.45) is 5.10 Å². The Balaban J connectivity index is 2.15. The number of methoxy groups -OCH3 is 1. The van der Waals surface area contributed by atoms with Gasteiger partial charge in [-0.1, -0.05) is 12.1 Å². The van der Waals surface area contributed by atoms with Gasteiger partial charge in [-0.05, 0) is 56.1 Å². The predicted molar refractivity (Wildman–Crippen MR) is 91.6 cm³/mol. The minimum atomic E-state index is -0.356. The molecule has 0 unspecified atom stereocenters. The largest absolute Gasteiger partial charge is 0.506 e. The summed E-state index contributed by atoms with van der Waals surface area (Å²) in [4.78, 5) is 12.0. The summed E-state index contributed by atoms with van der Waals surface area (Å²) in [6.45, 7) is 0. The quantitative estimate of drug-likeness (QED) is 0.577. The molecule has 0 bridgehead atoms. The highest BCUT2D eigenvalue weighted by molar-refractivity contribution is 9.10. The van der Waals surface area contributed by atoms with Crippen molar-refractivity contribution in [2.75, 3.05) is 7.11 Å². The van der Waals surface area contributed by atoms with Crippen LogP contribution in [-0.2, 0) is 0 Å². The van der Waals surface area contributed by atoms with Crippen LogP contribution in [0.25, 0.3) is 0 Å². The second kappa shape index (κ2) is 7.42. The maximum Gasteiger partial charge on any atom is 0.272 e. The first-order valence-corrected chi connectivity index (χ1v) is 7.76. The molecule has 0 atom stereocenters. The Bertz CT molecular complexity index is 733. The molecule has 0 spiro atoms. The van der Waals surface area contributed by atoms with E-state index in [1.807, 2.05) is 6.07 Å². The summed E-state index contributed by atoms with van der Waals surface area (Å²) < 4.78 is 6.26. The van der Waals surface area contributed by atoms with Crippen molar-refractivity contribution in [1.82, 2.24) is 5.43 Å². The van der Waals surface area contributed by atoms with Gasteiger partial charge >= 0.3 is 0 Å². The van der Waals surface area contributed by atoms with Gasteiger partial charge in [0.25, 0.3) is 5.91 Å². The number of benzene rings is 2. The van der Waals surface area contributed by atoms with Crippen LogP contribution in [0.4, 0.5) is 0 Å². The number of carbonyl (C=O) groups is 1. The minimum Gasteiger partial charge on any atom is -0.506 e. The van der Waals surface area contributed by atoms with Crippen molar-refractivity contribution in [1.29, 1.82) is 0 Å². The van der Waals surface area contributed by atoms with Crippen LogP contribution >= 0.6 is 31.9 Å². The lowest BCUT2D eigenvalue weighted by Crippen LogP contribution is -2.18. The number of ether oxygens (including phenoxy) is 1. The number of halogens is 2. The standard InChI is InChI=1S/C15H12Br2N2O3/c1-22-10-6-9(14(20)13(17)7-10)8-18-19-15(21)11-4-2-3-5-12(11)16/h2-8,20H,1H3,(H,19,21)/b18-8-. The summed E-state index contributed by atoms with van der Waals surface area (Å²) in [5, 5.41) is 13.8. The van der Waals surface area contributed by atoms with Crippen LogP contribution in [0.2, 0.25) is 0 Å². The topological polar surface area (TPSA) is 70.9 Å². The van der Waals surface area contributed by atoms with Gasteiger partial charge in [-0.25, -0.2) is 5.43 Å². The summed E-state index contributed by atoms with van der Waals surface area (Å²) in [5.41, 5.74) is 3.29. The second-order valence-corrected chi connectivity index (χ2v) is 5.93. The molecule has 0 aliphatic carbocycles. The van der Waals surface area contributed by atoms with E-state index in [1.165, 1.54) is 13.3 Å². The third-order valence-electron chi connectivity index (χ3n) is 2.79. The third-order valence-corrected chi connectivity index (χ3v) is 4.09. The highest BCUT2D eigenvalue weighted by Gasteiger charge is 2.09. The summed E-state index contributed by atoms with van der Waals surface area (Å²) in [6, 6.07) is 10.3. The zero-order valence-corrected chi connectivity index (χ0v) is 14.7. The third kappa shape index (κ3) is 3.86. The van der Waals surface area contributed by atoms with Gasteiger partial charge in [-0.3, -0.25) is 4.79 Å². The van der Waals surface area contributed by atoms with Crippen LogP contribution in [0.3, 0.4) is 0 Å². The molecule has 114 valence electrons. The second-order valence-electron chi connectivity index (χ2n) is 4.23. The van der Waals surface area contributed by atoms with Crippen LogP contribution in [-0.4, -0.2) is 24.3 Å². The van der Waals surface area contributed by atoms with Gasteiger partial charge < -0.3 is 9.84 Å². The van der Waals surface area contributed by atoms with E-state index in [-0.39, 0.29) is 11.7 Å². The van der Waals surface area contributed by atoms with E-state index in [1.54, 1.807) is 30.3 Å². The van der Waals surface area contributed by atoms with Crippen LogP contribution < -0.4 is 10.2 Å². The first kappa shape index (κ1) is 16.5. The molecule has 2 aromatic carbocycles. The monoisotopic (exact) mass is 426 g/mol. The average Bonchev–Trinajstić information content (AvgIpc) is 2.51. The Labute approximate surface area is 144 Å². The Morgan fingerprint density at radius 2 is 2.00 bits per heavy atom. The van der Waals surface area contributed by atoms with Gasteiger partial charge in [-0.2, -0.15) is 5.10 Å². The van der Waals surface area contributed by atoms with Crippen molar-refractivity contribution in [3.8, 4) is 11.5 Å². The molecule has 0 saturated heterocycles. The van der Waals surface area contributed by atoms with Gasteiger partial charge in [0.15, 0.2) is 0 Å². The zero-order chi connectivity index (χ0) is 16.1. The first-order chi connectivity index (χ1) is 10.5. The number of aromatic hydroxyl groups is 1. The number of hydrazone groups is 1. The Morgan fingerprint density at radius 1 is 1.27 bits per heavy atom. The van der Waals surface area contributed by atoms with E-state index in [9.17, 15) is 9.90 Å². The minimum absolute atomic E-state index is 0.0136. The van der Waals surface area contributed by atoms with Gasteiger partial charge in [0.05, 0.1) is 23.4 Å². The number of nitrogens with zero attached hydrogens (tertiary/aromatic N) is 1. The molecule has 5 nitrogen and oxygen atoms in total. The van der Waals surface area contributed by atoms with Gasteiger partial charge in [0.2, 0.25) is 0 Å². The highest BCUT2D eigenvalue weighted by Crippen LogP contribution is 2.31. The van der Waals surface area contributed by atoms with E-state index in [2.05, 4.69) is 42.4 Å². The molecule has 22 heavy (non-hydrogen) atoms. The molecule has 0 saturated carbocycles. The van der Waals surface area contributed by atoms with E-state index >= 15 is 0 Å². The fourth-order valence-corrected chi connectivity index (χ4v) is 2.60. The number of amides is 1. The SMILES string of the molecule is COc1cc(Br)c(O)c(/C=N\NC(=O)c2ccccc2Br)c1. The molecule has 1 amide bonds. The maximum absolute atomic E-state index is 12.0. The molecule has 0 fully saturated rings. The van der Waals surface area contributed by atoms with E-state index in [0.717, 1.165) is 0 Å². The Kier molecular flexibility index (Phi) is 5.57. The summed E-state index contributed by atoms with van der Waals surface area (Å²) in [7, 11) is 1.52. The number of rotatable bonds is 4. The molecule has 0 aliphatic rings. The molecule has 2 rings (SSSR count). The van der Waals surface area contributed by atoms with E-state index < -0.39 is 0 Å². The lowest BCUT2D eigenvalue weighted by atomic mass is 10.2. The average molecular weight is 428 g/mol. The molecular formula is C15H12Br2N2O3. The number of carbonyl (C=O) groups excluding carboxylic acids is 1. The van der Waals surface area contributed by atoms with Crippen molar-refractivity contribution < 1.29 is 14.6 Å². The van der Waals surface area contributed by atoms with Crippen molar-refractivity contribution in [3.05, 3.63) is 56.5 Å². The first-order valence-electron chi connectivity index (χ1n) is 6.17. The Morgan fingerprint density at radius 3 is 2.68 bits per heavy atom. The molecule has 2 N–H and O–H groups in total. The van der Waals surface area contributed by atoms with Crippen LogP contribution in [0, 0.1) is 0 Å². The van der Waals surface area contributed by atoms with Gasteiger partial charge in [0.1, 0.15) is 11.5 Å².